The summed E-state index contributed by atoms with van der Waals surface area (Å²) in [6, 6.07) is 1.71. The van der Waals surface area contributed by atoms with Gasteiger partial charge in [0.25, 0.3) is 0 Å². The lowest BCUT2D eigenvalue weighted by molar-refractivity contribution is 0.112. The molecular weight excluding hydrogens is 199 g/mol. The monoisotopic (exact) mass is 212 g/mol. The van der Waals surface area contributed by atoms with Crippen LogP contribution in [-0.2, 0) is 4.65 Å². The van der Waals surface area contributed by atoms with E-state index in [9.17, 15) is 9.82 Å². The molecule has 0 unspecified atom stereocenters. The number of unbranched alkanes of at least 4 members (excludes halogenated alkanes) is 1. The predicted octanol–water partition coefficient (Wildman–Crippen LogP) is 1.06. The molecule has 0 bridgehead atoms. The van der Waals surface area contributed by atoms with E-state index in [4.69, 9.17) is 4.65 Å². The Kier molecular flexibility index (Phi) is 4.86. The summed E-state index contributed by atoms with van der Waals surface area (Å²) in [6.45, 7) is 2.57. The molecule has 0 fully saturated rings. The summed E-state index contributed by atoms with van der Waals surface area (Å²) < 4.78 is 5.17. The maximum Gasteiger partial charge on any atom is 0.492 e. The highest BCUT2D eigenvalue weighted by Gasteiger charge is 2.20. The van der Waals surface area contributed by atoms with Gasteiger partial charge in [-0.3, -0.25) is 4.79 Å². The van der Waals surface area contributed by atoms with Crippen LogP contribution < -0.4 is 5.46 Å². The van der Waals surface area contributed by atoms with Gasteiger partial charge >= 0.3 is 7.12 Å². The van der Waals surface area contributed by atoms with Crippen LogP contribution >= 0.6 is 11.3 Å². The lowest BCUT2D eigenvalue weighted by atomic mass is 9.80. The van der Waals surface area contributed by atoms with Crippen molar-refractivity contribution in [2.75, 3.05) is 6.61 Å². The van der Waals surface area contributed by atoms with E-state index in [0.29, 0.717) is 16.9 Å². The van der Waals surface area contributed by atoms with Gasteiger partial charge in [-0.05, 0) is 11.8 Å². The smallest absolute Gasteiger partial charge is 0.423 e. The molecule has 0 atom stereocenters. The van der Waals surface area contributed by atoms with E-state index in [2.05, 4.69) is 6.92 Å². The second kappa shape index (κ2) is 5.96. The summed E-state index contributed by atoms with van der Waals surface area (Å²) in [4.78, 5) is 11.1. The molecular formula is C9H13BO3S. The Morgan fingerprint density at radius 1 is 1.71 bits per heavy atom. The number of thiophene rings is 1. The predicted molar refractivity (Wildman–Crippen MR) is 58.2 cm³/mol. The molecule has 0 saturated carbocycles. The maximum atomic E-state index is 10.6. The van der Waals surface area contributed by atoms with Crippen LogP contribution in [0, 0.1) is 0 Å². The van der Waals surface area contributed by atoms with Gasteiger partial charge < -0.3 is 9.68 Å². The fourth-order valence-electron chi connectivity index (χ4n) is 1.06. The number of rotatable bonds is 6. The maximum absolute atomic E-state index is 10.6. The van der Waals surface area contributed by atoms with Crippen molar-refractivity contribution in [3.63, 3.8) is 0 Å². The molecule has 0 amide bonds. The van der Waals surface area contributed by atoms with Crippen molar-refractivity contribution >= 4 is 30.2 Å². The lowest BCUT2D eigenvalue weighted by Crippen LogP contribution is -2.35. The Morgan fingerprint density at radius 2 is 2.50 bits per heavy atom. The summed E-state index contributed by atoms with van der Waals surface area (Å²) in [5.41, 5.74) is 0.570. The highest BCUT2D eigenvalue weighted by molar-refractivity contribution is 7.13. The second-order valence-electron chi connectivity index (χ2n) is 2.93. The molecule has 0 aliphatic heterocycles. The molecule has 1 heterocycles. The van der Waals surface area contributed by atoms with Crippen LogP contribution in [0.1, 0.15) is 29.4 Å². The van der Waals surface area contributed by atoms with Crippen molar-refractivity contribution in [2.45, 2.75) is 19.8 Å². The Bertz CT molecular complexity index is 287. The molecule has 0 aliphatic carbocycles. The first-order valence-electron chi connectivity index (χ1n) is 4.61. The molecule has 0 spiro atoms. The molecule has 1 N–H and O–H groups in total. The molecule has 1 aromatic heterocycles. The van der Waals surface area contributed by atoms with E-state index in [0.717, 1.165) is 19.1 Å². The van der Waals surface area contributed by atoms with E-state index in [1.54, 1.807) is 11.4 Å². The average molecular weight is 212 g/mol. The Morgan fingerprint density at radius 3 is 3.14 bits per heavy atom. The number of hydrogen-bond donors (Lipinski definition) is 1. The van der Waals surface area contributed by atoms with Crippen molar-refractivity contribution < 1.29 is 14.5 Å². The summed E-state index contributed by atoms with van der Waals surface area (Å²) in [5.74, 6) is 0. The zero-order valence-electron chi connectivity index (χ0n) is 8.10. The Hall–Kier alpha value is -0.645. The third kappa shape index (κ3) is 2.94. The van der Waals surface area contributed by atoms with Gasteiger partial charge in [0.15, 0.2) is 6.29 Å². The summed E-state index contributed by atoms with van der Waals surface area (Å²) >= 11 is 1.31. The first kappa shape index (κ1) is 11.4. The van der Waals surface area contributed by atoms with Gasteiger partial charge in [0.05, 0.1) is 4.88 Å². The molecule has 76 valence electrons. The topological polar surface area (TPSA) is 46.5 Å². The first-order chi connectivity index (χ1) is 6.79. The number of carbonyl (C=O) groups excluding carboxylic acids is 1. The Balaban J connectivity index is 2.51. The number of hydrogen-bond acceptors (Lipinski definition) is 4. The van der Waals surface area contributed by atoms with Crippen molar-refractivity contribution in [1.82, 2.24) is 0 Å². The minimum Gasteiger partial charge on any atom is -0.423 e. The second-order valence-corrected chi connectivity index (χ2v) is 3.88. The fraction of sp³-hybridized carbons (Fsp3) is 0.444. The van der Waals surface area contributed by atoms with E-state index in [1.807, 2.05) is 0 Å². The minimum atomic E-state index is -0.965. The normalized spacial score (nSPS) is 10.1. The molecule has 14 heavy (non-hydrogen) atoms. The zero-order valence-corrected chi connectivity index (χ0v) is 8.92. The molecule has 0 radical (unpaired) electrons. The van der Waals surface area contributed by atoms with Crippen molar-refractivity contribution in [3.8, 4) is 0 Å². The van der Waals surface area contributed by atoms with Crippen LogP contribution in [0.15, 0.2) is 11.4 Å². The van der Waals surface area contributed by atoms with Crippen LogP contribution in [0.4, 0.5) is 0 Å². The van der Waals surface area contributed by atoms with E-state index in [1.165, 1.54) is 11.3 Å². The SMILES string of the molecule is CCCCOB(O)c1ccsc1C=O. The average Bonchev–Trinajstić information content (AvgIpc) is 2.65. The van der Waals surface area contributed by atoms with Crippen molar-refractivity contribution in [1.29, 1.82) is 0 Å². The van der Waals surface area contributed by atoms with Crippen molar-refractivity contribution in [3.05, 3.63) is 16.3 Å². The molecule has 0 saturated heterocycles. The first-order valence-corrected chi connectivity index (χ1v) is 5.49. The van der Waals surface area contributed by atoms with Gasteiger partial charge in [0.2, 0.25) is 0 Å². The van der Waals surface area contributed by atoms with Crippen LogP contribution in [0.2, 0.25) is 0 Å². The van der Waals surface area contributed by atoms with Crippen LogP contribution in [0.5, 0.6) is 0 Å². The third-order valence-corrected chi connectivity index (χ3v) is 2.73. The quantitative estimate of drug-likeness (QED) is 0.435. The van der Waals surface area contributed by atoms with E-state index < -0.39 is 7.12 Å². The van der Waals surface area contributed by atoms with Crippen LogP contribution in [0.3, 0.4) is 0 Å². The van der Waals surface area contributed by atoms with Crippen LogP contribution in [0.25, 0.3) is 0 Å². The summed E-state index contributed by atoms with van der Waals surface area (Å²) in [5, 5.41) is 11.3. The molecule has 5 heteroatoms. The van der Waals surface area contributed by atoms with Gasteiger partial charge in [0, 0.05) is 12.1 Å². The highest BCUT2D eigenvalue weighted by atomic mass is 32.1. The Labute approximate surface area is 87.9 Å². The fourth-order valence-corrected chi connectivity index (χ4v) is 1.78. The molecule has 3 nitrogen and oxygen atoms in total. The molecule has 0 aliphatic rings. The minimum absolute atomic E-state index is 0.520. The largest absolute Gasteiger partial charge is 0.492 e. The summed E-state index contributed by atoms with van der Waals surface area (Å²) in [7, 11) is -0.965. The van der Waals surface area contributed by atoms with Gasteiger partial charge in [0.1, 0.15) is 0 Å². The van der Waals surface area contributed by atoms with Gasteiger partial charge in [-0.25, -0.2) is 0 Å². The molecule has 0 aromatic carbocycles. The molecule has 1 aromatic rings. The number of aldehydes is 1. The third-order valence-electron chi connectivity index (χ3n) is 1.87. The van der Waals surface area contributed by atoms with E-state index in [-0.39, 0.29) is 0 Å². The number of carbonyl (C=O) groups is 1. The summed E-state index contributed by atoms with van der Waals surface area (Å²) in [6.07, 6.45) is 2.68. The zero-order chi connectivity index (χ0) is 10.4. The standard InChI is InChI=1S/C9H13BO3S/c1-2-3-5-13-10(12)8-4-6-14-9(8)7-11/h4,6-7,12H,2-3,5H2,1H3. The van der Waals surface area contributed by atoms with Crippen LogP contribution in [-0.4, -0.2) is 25.0 Å². The van der Waals surface area contributed by atoms with E-state index >= 15 is 0 Å². The van der Waals surface area contributed by atoms with Gasteiger partial charge in [-0.2, -0.15) is 0 Å². The van der Waals surface area contributed by atoms with Crippen molar-refractivity contribution in [2.24, 2.45) is 0 Å². The van der Waals surface area contributed by atoms with Gasteiger partial charge in [-0.1, -0.05) is 19.4 Å². The van der Waals surface area contributed by atoms with Gasteiger partial charge in [-0.15, -0.1) is 11.3 Å². The lowest BCUT2D eigenvalue weighted by Gasteiger charge is -2.06. The molecule has 1 rings (SSSR count). The highest BCUT2D eigenvalue weighted by Crippen LogP contribution is 2.04.